The maximum atomic E-state index is 10.0. The minimum Gasteiger partial charge on any atom is -0.478 e. The topological polar surface area (TPSA) is 37.3 Å². The molecule has 0 aliphatic heterocycles. The van der Waals surface area contributed by atoms with Gasteiger partial charge in [0, 0.05) is 0 Å². The van der Waals surface area contributed by atoms with E-state index in [2.05, 4.69) is 5.73 Å². The summed E-state index contributed by atoms with van der Waals surface area (Å²) in [5, 5.41) is 8.25. The Kier molecular flexibility index (Phi) is 1.03. The van der Waals surface area contributed by atoms with Crippen LogP contribution in [-0.2, 0) is 4.79 Å². The van der Waals surface area contributed by atoms with Crippen LogP contribution in [0.1, 0.15) is 0 Å². The third kappa shape index (κ3) is 0.695. The summed E-state index contributed by atoms with van der Waals surface area (Å²) in [4.78, 5) is 10.0. The average Bonchev–Trinajstić information content (AvgIpc) is 2.12. The lowest BCUT2D eigenvalue weighted by atomic mass is 10.3. The summed E-state index contributed by atoms with van der Waals surface area (Å²) in [7, 11) is 0. The van der Waals surface area contributed by atoms with Crippen LogP contribution < -0.4 is 0 Å². The van der Waals surface area contributed by atoms with Crippen LogP contribution in [0.3, 0.4) is 0 Å². The van der Waals surface area contributed by atoms with Crippen molar-refractivity contribution < 1.29 is 9.90 Å². The van der Waals surface area contributed by atoms with Crippen LogP contribution in [0.15, 0.2) is 29.5 Å². The van der Waals surface area contributed by atoms with Crippen molar-refractivity contribution in [2.24, 2.45) is 0 Å². The lowest BCUT2D eigenvalue weighted by molar-refractivity contribution is -0.132. The third-order valence-electron chi connectivity index (χ3n) is 0.845. The normalized spacial score (nSPS) is 14.2. The Morgan fingerprint density at radius 3 is 2.75 bits per heavy atom. The van der Waals surface area contributed by atoms with Crippen molar-refractivity contribution in [3.8, 4) is 0 Å². The van der Waals surface area contributed by atoms with Crippen LogP contribution in [0.25, 0.3) is 0 Å². The van der Waals surface area contributed by atoms with E-state index < -0.39 is 5.97 Å². The zero-order valence-corrected chi connectivity index (χ0v) is 4.09. The molecule has 0 saturated heterocycles. The Morgan fingerprint density at radius 1 is 1.75 bits per heavy atom. The Labute approximate surface area is 46.4 Å². The summed E-state index contributed by atoms with van der Waals surface area (Å²) in [6.45, 7) is 0. The summed E-state index contributed by atoms with van der Waals surface area (Å²) in [6, 6.07) is 0. The van der Waals surface area contributed by atoms with Crippen LogP contribution in [0.2, 0.25) is 0 Å². The minimum absolute atomic E-state index is 0.296. The highest BCUT2D eigenvalue weighted by atomic mass is 16.4. The average molecular weight is 108 g/mol. The van der Waals surface area contributed by atoms with Gasteiger partial charge < -0.3 is 5.11 Å². The molecule has 1 aliphatic rings. The van der Waals surface area contributed by atoms with Crippen molar-refractivity contribution in [2.45, 2.75) is 0 Å². The molecule has 2 heteroatoms. The summed E-state index contributed by atoms with van der Waals surface area (Å²) in [5.41, 5.74) is 2.93. The van der Waals surface area contributed by atoms with Crippen molar-refractivity contribution in [1.29, 1.82) is 0 Å². The highest BCUT2D eigenvalue weighted by Crippen LogP contribution is 2.00. The van der Waals surface area contributed by atoms with E-state index in [1.165, 1.54) is 12.2 Å². The minimum atomic E-state index is -0.897. The van der Waals surface area contributed by atoms with E-state index in [4.69, 9.17) is 5.11 Å². The highest BCUT2D eigenvalue weighted by Gasteiger charge is 2.01. The largest absolute Gasteiger partial charge is 0.478 e. The Hall–Kier alpha value is -1.27. The number of carboxylic acids is 1. The molecule has 1 aliphatic carbocycles. The van der Waals surface area contributed by atoms with Crippen molar-refractivity contribution in [2.75, 3.05) is 0 Å². The molecule has 0 aromatic rings. The third-order valence-corrected chi connectivity index (χ3v) is 0.845. The first-order valence-electron chi connectivity index (χ1n) is 2.17. The van der Waals surface area contributed by atoms with Gasteiger partial charge in [0.1, 0.15) is 0 Å². The van der Waals surface area contributed by atoms with Crippen molar-refractivity contribution >= 4 is 5.97 Å². The maximum absolute atomic E-state index is 10.0. The SMILES string of the molecule is O=C(O)C1=CC=C=C1. The molecule has 8 heavy (non-hydrogen) atoms. The van der Waals surface area contributed by atoms with Crippen LogP contribution in [-0.4, -0.2) is 11.1 Å². The Bertz CT molecular complexity index is 205. The maximum Gasteiger partial charge on any atom is 0.336 e. The van der Waals surface area contributed by atoms with Gasteiger partial charge in [0.05, 0.1) is 5.57 Å². The molecule has 0 atom stereocenters. The second-order valence-corrected chi connectivity index (χ2v) is 1.40. The van der Waals surface area contributed by atoms with Gasteiger partial charge in [0.15, 0.2) is 0 Å². The first kappa shape index (κ1) is 4.88. The number of allylic oxidation sites excluding steroid dienone is 1. The fourth-order valence-corrected chi connectivity index (χ4v) is 0.457. The molecular formula is C6H4O2. The fraction of sp³-hybridized carbons (Fsp3) is 0. The van der Waals surface area contributed by atoms with Gasteiger partial charge in [-0.1, -0.05) is 0 Å². The number of aliphatic carboxylic acids is 1. The van der Waals surface area contributed by atoms with Gasteiger partial charge in [-0.15, -0.1) is 5.73 Å². The highest BCUT2D eigenvalue weighted by molar-refractivity contribution is 5.90. The number of rotatable bonds is 1. The molecule has 0 fully saturated rings. The molecular weight excluding hydrogens is 104 g/mol. The first-order valence-corrected chi connectivity index (χ1v) is 2.17. The van der Waals surface area contributed by atoms with Gasteiger partial charge in [-0.3, -0.25) is 0 Å². The van der Waals surface area contributed by atoms with Crippen molar-refractivity contribution in [1.82, 2.24) is 0 Å². The summed E-state index contributed by atoms with van der Waals surface area (Å²) >= 11 is 0. The molecule has 0 radical (unpaired) electrons. The molecule has 0 bridgehead atoms. The van der Waals surface area contributed by atoms with E-state index >= 15 is 0 Å². The molecule has 1 rings (SSSR count). The van der Waals surface area contributed by atoms with Crippen LogP contribution in [0, 0.1) is 0 Å². The zero-order valence-electron chi connectivity index (χ0n) is 4.09. The van der Waals surface area contributed by atoms with E-state index in [1.807, 2.05) is 0 Å². The second kappa shape index (κ2) is 1.68. The van der Waals surface area contributed by atoms with Gasteiger partial charge in [-0.25, -0.2) is 4.79 Å². The van der Waals surface area contributed by atoms with Gasteiger partial charge in [-0.05, 0) is 18.2 Å². The molecule has 2 nitrogen and oxygen atoms in total. The van der Waals surface area contributed by atoms with Crippen LogP contribution in [0.4, 0.5) is 0 Å². The lowest BCUT2D eigenvalue weighted by Gasteiger charge is -1.82. The molecule has 0 aromatic heterocycles. The van der Waals surface area contributed by atoms with Crippen LogP contribution >= 0.6 is 0 Å². The number of hydrogen-bond acceptors (Lipinski definition) is 1. The summed E-state index contributed by atoms with van der Waals surface area (Å²) < 4.78 is 0. The van der Waals surface area contributed by atoms with E-state index in [9.17, 15) is 4.79 Å². The van der Waals surface area contributed by atoms with Crippen molar-refractivity contribution in [3.05, 3.63) is 29.5 Å². The van der Waals surface area contributed by atoms with Crippen LogP contribution in [0.5, 0.6) is 0 Å². The van der Waals surface area contributed by atoms with Gasteiger partial charge in [0.2, 0.25) is 0 Å². The van der Waals surface area contributed by atoms with E-state index in [0.717, 1.165) is 0 Å². The van der Waals surface area contributed by atoms with E-state index in [1.54, 1.807) is 6.08 Å². The quantitative estimate of drug-likeness (QED) is 0.502. The monoisotopic (exact) mass is 108 g/mol. The van der Waals surface area contributed by atoms with Gasteiger partial charge >= 0.3 is 5.97 Å². The Morgan fingerprint density at radius 2 is 2.50 bits per heavy atom. The number of carbonyl (C=O) groups is 1. The number of hydrogen-bond donors (Lipinski definition) is 1. The van der Waals surface area contributed by atoms with E-state index in [0.29, 0.717) is 5.57 Å². The molecule has 0 heterocycles. The Balaban J connectivity index is 2.80. The lowest BCUT2D eigenvalue weighted by Crippen LogP contribution is -1.94. The standard InChI is InChI=1S/C6H4O2/c7-6(8)5-3-1-2-4-5/h1,3-4H,(H,7,8). The van der Waals surface area contributed by atoms with E-state index in [-0.39, 0.29) is 0 Å². The molecule has 40 valence electrons. The van der Waals surface area contributed by atoms with Gasteiger partial charge in [0.25, 0.3) is 0 Å². The zero-order chi connectivity index (χ0) is 5.98. The molecule has 0 unspecified atom stereocenters. The number of carboxylic acid groups (broad SMARTS) is 1. The summed E-state index contributed by atoms with van der Waals surface area (Å²) in [6.07, 6.45) is 4.51. The molecule has 0 spiro atoms. The smallest absolute Gasteiger partial charge is 0.336 e. The predicted octanol–water partition coefficient (Wildman–Crippen LogP) is 0.722. The van der Waals surface area contributed by atoms with Gasteiger partial charge in [-0.2, -0.15) is 0 Å². The predicted molar refractivity (Wildman–Crippen MR) is 28.4 cm³/mol. The second-order valence-electron chi connectivity index (χ2n) is 1.40. The summed E-state index contributed by atoms with van der Waals surface area (Å²) in [5.74, 6) is -0.897. The molecule has 0 aromatic carbocycles. The first-order chi connectivity index (χ1) is 3.80. The molecule has 1 N–H and O–H groups in total. The molecule has 0 saturated carbocycles. The van der Waals surface area contributed by atoms with Crippen molar-refractivity contribution in [3.63, 3.8) is 0 Å². The molecule has 0 amide bonds. The fourth-order valence-electron chi connectivity index (χ4n) is 0.457.